The fourth-order valence-corrected chi connectivity index (χ4v) is 4.58. The summed E-state index contributed by atoms with van der Waals surface area (Å²) >= 11 is 0. The van der Waals surface area contributed by atoms with E-state index in [-0.39, 0.29) is 11.9 Å². The van der Waals surface area contributed by atoms with Gasteiger partial charge in [-0.05, 0) is 55.9 Å². The fourth-order valence-electron chi connectivity index (χ4n) is 4.58. The molecule has 1 aromatic heterocycles. The summed E-state index contributed by atoms with van der Waals surface area (Å²) in [6.45, 7) is 2.55. The maximum atomic E-state index is 13.3. The van der Waals surface area contributed by atoms with E-state index in [4.69, 9.17) is 14.2 Å². The highest BCUT2D eigenvalue weighted by Crippen LogP contribution is 2.33. The summed E-state index contributed by atoms with van der Waals surface area (Å²) < 4.78 is 16.7. The van der Waals surface area contributed by atoms with E-state index in [0.29, 0.717) is 31.2 Å². The van der Waals surface area contributed by atoms with Crippen LogP contribution in [0.15, 0.2) is 24.3 Å². The third-order valence-corrected chi connectivity index (χ3v) is 6.06. The standard InChI is InChI=1S/C23H27N3O4/c1-28-22-18(12-15-4-2-6-19(15)25-22)23(27)26-9-3-5-17(14-26)24-16-7-8-20-21(13-16)30-11-10-29-20/h7-8,12-13,17,24H,2-6,9-11,14H2,1H3. The first-order chi connectivity index (χ1) is 14.7. The maximum absolute atomic E-state index is 13.3. The first kappa shape index (κ1) is 19.0. The van der Waals surface area contributed by atoms with Crippen molar-refractivity contribution >= 4 is 11.6 Å². The van der Waals surface area contributed by atoms with Crippen molar-refractivity contribution in [3.63, 3.8) is 0 Å². The van der Waals surface area contributed by atoms with Crippen LogP contribution in [0.2, 0.25) is 0 Å². The van der Waals surface area contributed by atoms with Crippen LogP contribution in [0.3, 0.4) is 0 Å². The second kappa shape index (κ2) is 8.05. The molecule has 7 nitrogen and oxygen atoms in total. The van der Waals surface area contributed by atoms with E-state index in [0.717, 1.165) is 61.5 Å². The number of nitrogens with zero attached hydrogens (tertiary/aromatic N) is 2. The second-order valence-corrected chi connectivity index (χ2v) is 8.10. The predicted molar refractivity (Wildman–Crippen MR) is 113 cm³/mol. The quantitative estimate of drug-likeness (QED) is 0.837. The molecule has 1 unspecified atom stereocenters. The van der Waals surface area contributed by atoms with Crippen molar-refractivity contribution in [2.45, 2.75) is 38.1 Å². The topological polar surface area (TPSA) is 72.9 Å². The minimum Gasteiger partial charge on any atom is -0.486 e. The lowest BCUT2D eigenvalue weighted by molar-refractivity contribution is 0.0710. The van der Waals surface area contributed by atoms with Crippen LogP contribution in [0.4, 0.5) is 5.69 Å². The summed E-state index contributed by atoms with van der Waals surface area (Å²) in [6, 6.07) is 8.08. The van der Waals surface area contributed by atoms with E-state index in [9.17, 15) is 4.79 Å². The molecule has 1 aliphatic carbocycles. The number of hydrogen-bond acceptors (Lipinski definition) is 6. The Bertz CT molecular complexity index is 962. The molecule has 30 heavy (non-hydrogen) atoms. The van der Waals surface area contributed by atoms with Gasteiger partial charge in [0.15, 0.2) is 11.5 Å². The Hall–Kier alpha value is -2.96. The number of pyridine rings is 1. The summed E-state index contributed by atoms with van der Waals surface area (Å²) in [5, 5.41) is 3.56. The van der Waals surface area contributed by atoms with E-state index >= 15 is 0 Å². The number of carbonyl (C=O) groups is 1. The average molecular weight is 409 g/mol. The normalized spacial score (nSPS) is 19.9. The lowest BCUT2D eigenvalue weighted by Gasteiger charge is -2.34. The van der Waals surface area contributed by atoms with Crippen LogP contribution in [0.25, 0.3) is 0 Å². The SMILES string of the molecule is COc1nc2c(cc1C(=O)N1CCCC(Nc3ccc4c(c3)OCCO4)C1)CCC2. The number of hydrogen-bond donors (Lipinski definition) is 1. The zero-order chi connectivity index (χ0) is 20.5. The molecule has 0 spiro atoms. The van der Waals surface area contributed by atoms with Crippen LogP contribution in [0, 0.1) is 0 Å². The van der Waals surface area contributed by atoms with Gasteiger partial charge in [0.25, 0.3) is 5.91 Å². The molecule has 7 heteroatoms. The van der Waals surface area contributed by atoms with Crippen molar-refractivity contribution in [2.75, 3.05) is 38.7 Å². The molecule has 3 aliphatic rings. The molecule has 1 saturated heterocycles. The van der Waals surface area contributed by atoms with E-state index < -0.39 is 0 Å². The van der Waals surface area contributed by atoms with E-state index in [1.54, 1.807) is 7.11 Å². The Morgan fingerprint density at radius 3 is 2.90 bits per heavy atom. The van der Waals surface area contributed by atoms with Crippen molar-refractivity contribution in [3.8, 4) is 17.4 Å². The number of benzene rings is 1. The molecule has 1 aromatic carbocycles. The lowest BCUT2D eigenvalue weighted by Crippen LogP contribution is -2.45. The Kier molecular flexibility index (Phi) is 5.11. The van der Waals surface area contributed by atoms with Gasteiger partial charge in [0.05, 0.1) is 7.11 Å². The minimum absolute atomic E-state index is 0.00252. The van der Waals surface area contributed by atoms with Gasteiger partial charge in [0, 0.05) is 36.6 Å². The number of likely N-dealkylation sites (tertiary alicyclic amines) is 1. The van der Waals surface area contributed by atoms with Gasteiger partial charge in [-0.1, -0.05) is 0 Å². The number of fused-ring (bicyclic) bond motifs is 2. The molecule has 1 N–H and O–H groups in total. The number of rotatable bonds is 4. The third kappa shape index (κ3) is 3.64. The number of amides is 1. The first-order valence-electron chi connectivity index (χ1n) is 10.7. The average Bonchev–Trinajstić information content (AvgIpc) is 3.25. The Morgan fingerprint density at radius 2 is 2.03 bits per heavy atom. The number of methoxy groups -OCH3 is 1. The Labute approximate surface area is 176 Å². The van der Waals surface area contributed by atoms with Crippen molar-refractivity contribution in [3.05, 3.63) is 41.1 Å². The predicted octanol–water partition coefficient (Wildman–Crippen LogP) is 3.07. The largest absolute Gasteiger partial charge is 0.486 e. The van der Waals surface area contributed by atoms with Gasteiger partial charge in [0.1, 0.15) is 18.8 Å². The molecule has 0 bridgehead atoms. The van der Waals surface area contributed by atoms with Gasteiger partial charge >= 0.3 is 0 Å². The second-order valence-electron chi connectivity index (χ2n) is 8.10. The summed E-state index contributed by atoms with van der Waals surface area (Å²) in [5.41, 5.74) is 3.82. The van der Waals surface area contributed by atoms with Crippen LogP contribution < -0.4 is 19.5 Å². The molecule has 1 amide bonds. The molecular weight excluding hydrogens is 382 g/mol. The highest BCUT2D eigenvalue weighted by molar-refractivity contribution is 5.96. The summed E-state index contributed by atoms with van der Waals surface area (Å²) in [7, 11) is 1.59. The summed E-state index contributed by atoms with van der Waals surface area (Å²) in [5.74, 6) is 2.00. The zero-order valence-electron chi connectivity index (χ0n) is 17.3. The molecule has 3 heterocycles. The van der Waals surface area contributed by atoms with Gasteiger partial charge in [-0.25, -0.2) is 4.98 Å². The van der Waals surface area contributed by atoms with E-state index in [1.165, 1.54) is 5.56 Å². The number of aryl methyl sites for hydroxylation is 2. The van der Waals surface area contributed by atoms with Gasteiger partial charge in [-0.2, -0.15) is 0 Å². The molecule has 1 fully saturated rings. The van der Waals surface area contributed by atoms with E-state index in [2.05, 4.69) is 10.3 Å². The lowest BCUT2D eigenvalue weighted by atomic mass is 10.0. The maximum Gasteiger partial charge on any atom is 0.259 e. The highest BCUT2D eigenvalue weighted by atomic mass is 16.6. The van der Waals surface area contributed by atoms with Gasteiger partial charge in [0.2, 0.25) is 5.88 Å². The van der Waals surface area contributed by atoms with Crippen molar-refractivity contribution < 1.29 is 19.0 Å². The number of aromatic nitrogens is 1. The van der Waals surface area contributed by atoms with Crippen LogP contribution in [0.1, 0.15) is 40.9 Å². The Balaban J connectivity index is 1.30. The van der Waals surface area contributed by atoms with Crippen molar-refractivity contribution in [2.24, 2.45) is 0 Å². The molecule has 2 aliphatic heterocycles. The van der Waals surface area contributed by atoms with Crippen LogP contribution in [0.5, 0.6) is 17.4 Å². The number of carbonyl (C=O) groups excluding carboxylic acids is 1. The van der Waals surface area contributed by atoms with Gasteiger partial charge < -0.3 is 24.4 Å². The van der Waals surface area contributed by atoms with Crippen LogP contribution in [-0.2, 0) is 12.8 Å². The number of anilines is 1. The minimum atomic E-state index is 0.00252. The molecule has 2 aromatic rings. The molecule has 1 atom stereocenters. The Morgan fingerprint density at radius 1 is 1.17 bits per heavy atom. The highest BCUT2D eigenvalue weighted by Gasteiger charge is 2.28. The fraction of sp³-hybridized carbons (Fsp3) is 0.478. The van der Waals surface area contributed by atoms with Crippen molar-refractivity contribution in [1.82, 2.24) is 9.88 Å². The smallest absolute Gasteiger partial charge is 0.259 e. The van der Waals surface area contributed by atoms with Gasteiger partial charge in [-0.3, -0.25) is 4.79 Å². The van der Waals surface area contributed by atoms with Crippen LogP contribution in [-0.4, -0.2) is 55.2 Å². The van der Waals surface area contributed by atoms with Crippen LogP contribution >= 0.6 is 0 Å². The molecule has 5 rings (SSSR count). The van der Waals surface area contributed by atoms with E-state index in [1.807, 2.05) is 29.2 Å². The first-order valence-corrected chi connectivity index (χ1v) is 10.7. The number of nitrogens with one attached hydrogen (secondary N) is 1. The molecule has 0 radical (unpaired) electrons. The number of piperidine rings is 1. The third-order valence-electron chi connectivity index (χ3n) is 6.06. The molecule has 158 valence electrons. The van der Waals surface area contributed by atoms with Gasteiger partial charge in [-0.15, -0.1) is 0 Å². The van der Waals surface area contributed by atoms with Crippen molar-refractivity contribution in [1.29, 1.82) is 0 Å². The zero-order valence-corrected chi connectivity index (χ0v) is 17.3. The molecule has 0 saturated carbocycles. The number of ether oxygens (including phenoxy) is 3. The molecular formula is C23H27N3O4. The summed E-state index contributed by atoms with van der Waals surface area (Å²) in [4.78, 5) is 19.8. The monoisotopic (exact) mass is 409 g/mol. The summed E-state index contributed by atoms with van der Waals surface area (Å²) in [6.07, 6.45) is 5.01.